The van der Waals surface area contributed by atoms with Crippen molar-refractivity contribution >= 4 is 0 Å². The SMILES string of the molecule is CNCCc1nn(C)c(C)c1-c1cccnc1. The second-order valence-electron chi connectivity index (χ2n) is 4.13. The van der Waals surface area contributed by atoms with Crippen molar-refractivity contribution in [3.63, 3.8) is 0 Å². The number of hydrogen-bond donors (Lipinski definition) is 1. The molecule has 90 valence electrons. The zero-order chi connectivity index (χ0) is 12.3. The average molecular weight is 230 g/mol. The summed E-state index contributed by atoms with van der Waals surface area (Å²) in [5.74, 6) is 0. The van der Waals surface area contributed by atoms with Gasteiger partial charge in [-0.15, -0.1) is 0 Å². The van der Waals surface area contributed by atoms with E-state index < -0.39 is 0 Å². The number of hydrogen-bond acceptors (Lipinski definition) is 3. The molecule has 4 heteroatoms. The maximum Gasteiger partial charge on any atom is 0.0718 e. The molecule has 2 aromatic heterocycles. The highest BCUT2D eigenvalue weighted by molar-refractivity contribution is 5.67. The van der Waals surface area contributed by atoms with Gasteiger partial charge in [0.1, 0.15) is 0 Å². The summed E-state index contributed by atoms with van der Waals surface area (Å²) in [6.07, 6.45) is 4.62. The van der Waals surface area contributed by atoms with E-state index in [4.69, 9.17) is 0 Å². The molecule has 0 aromatic carbocycles. The summed E-state index contributed by atoms with van der Waals surface area (Å²) in [6, 6.07) is 4.05. The van der Waals surface area contributed by atoms with Crippen LogP contribution >= 0.6 is 0 Å². The lowest BCUT2D eigenvalue weighted by Crippen LogP contribution is -2.11. The standard InChI is InChI=1S/C13H18N4/c1-10-13(11-5-4-7-15-9-11)12(6-8-14-2)16-17(10)3/h4-5,7,9,14H,6,8H2,1-3H3. The first kappa shape index (κ1) is 11.8. The smallest absolute Gasteiger partial charge is 0.0718 e. The van der Waals surface area contributed by atoms with Gasteiger partial charge in [0.25, 0.3) is 0 Å². The van der Waals surface area contributed by atoms with Crippen molar-refractivity contribution < 1.29 is 0 Å². The van der Waals surface area contributed by atoms with Crippen LogP contribution < -0.4 is 5.32 Å². The molecule has 2 aromatic rings. The lowest BCUT2D eigenvalue weighted by atomic mass is 10.0. The highest BCUT2D eigenvalue weighted by Gasteiger charge is 2.14. The summed E-state index contributed by atoms with van der Waals surface area (Å²) in [5, 5.41) is 7.73. The van der Waals surface area contributed by atoms with Crippen LogP contribution in [0.15, 0.2) is 24.5 Å². The van der Waals surface area contributed by atoms with E-state index in [1.54, 1.807) is 6.20 Å². The topological polar surface area (TPSA) is 42.7 Å². The number of rotatable bonds is 4. The van der Waals surface area contributed by atoms with E-state index in [-0.39, 0.29) is 0 Å². The Hall–Kier alpha value is -1.68. The van der Waals surface area contributed by atoms with Crippen LogP contribution in [0.5, 0.6) is 0 Å². The summed E-state index contributed by atoms with van der Waals surface area (Å²) in [5.41, 5.74) is 4.68. The van der Waals surface area contributed by atoms with Crippen LogP contribution in [0.4, 0.5) is 0 Å². The van der Waals surface area contributed by atoms with Gasteiger partial charge in [0, 0.05) is 49.2 Å². The average Bonchev–Trinajstić information content (AvgIpc) is 2.64. The van der Waals surface area contributed by atoms with Crippen molar-refractivity contribution in [1.29, 1.82) is 0 Å². The van der Waals surface area contributed by atoms with Gasteiger partial charge in [0.2, 0.25) is 0 Å². The fraction of sp³-hybridized carbons (Fsp3) is 0.385. The molecule has 17 heavy (non-hydrogen) atoms. The third-order valence-electron chi connectivity index (χ3n) is 2.97. The summed E-state index contributed by atoms with van der Waals surface area (Å²) >= 11 is 0. The maximum atomic E-state index is 4.57. The van der Waals surface area contributed by atoms with Gasteiger partial charge in [-0.1, -0.05) is 6.07 Å². The van der Waals surface area contributed by atoms with Crippen molar-refractivity contribution in [1.82, 2.24) is 20.1 Å². The van der Waals surface area contributed by atoms with E-state index >= 15 is 0 Å². The number of nitrogens with zero attached hydrogens (tertiary/aromatic N) is 3. The molecule has 2 rings (SSSR count). The molecule has 0 amide bonds. The number of pyridine rings is 1. The molecule has 0 spiro atoms. The van der Waals surface area contributed by atoms with E-state index in [1.807, 2.05) is 31.0 Å². The molecule has 0 bridgehead atoms. The van der Waals surface area contributed by atoms with Crippen molar-refractivity contribution in [2.24, 2.45) is 7.05 Å². The van der Waals surface area contributed by atoms with Crippen LogP contribution in [0.2, 0.25) is 0 Å². The molecule has 0 aliphatic carbocycles. The van der Waals surface area contributed by atoms with E-state index in [2.05, 4.69) is 28.4 Å². The molecule has 0 saturated heterocycles. The van der Waals surface area contributed by atoms with Gasteiger partial charge in [0.15, 0.2) is 0 Å². The van der Waals surface area contributed by atoms with E-state index in [1.165, 1.54) is 11.3 Å². The van der Waals surface area contributed by atoms with E-state index in [0.717, 1.165) is 24.2 Å². The predicted molar refractivity (Wildman–Crippen MR) is 68.8 cm³/mol. The van der Waals surface area contributed by atoms with E-state index in [0.29, 0.717) is 0 Å². The molecule has 0 saturated carbocycles. The summed E-state index contributed by atoms with van der Waals surface area (Å²) in [6.45, 7) is 3.03. The van der Waals surface area contributed by atoms with Gasteiger partial charge in [-0.2, -0.15) is 5.10 Å². The number of aryl methyl sites for hydroxylation is 1. The molecule has 2 heterocycles. The Balaban J connectivity index is 2.44. The quantitative estimate of drug-likeness (QED) is 0.866. The second-order valence-corrected chi connectivity index (χ2v) is 4.13. The molecular weight excluding hydrogens is 212 g/mol. The van der Waals surface area contributed by atoms with Crippen molar-refractivity contribution in [2.45, 2.75) is 13.3 Å². The normalized spacial score (nSPS) is 10.8. The van der Waals surface area contributed by atoms with Crippen molar-refractivity contribution in [3.05, 3.63) is 35.9 Å². The fourth-order valence-electron chi connectivity index (χ4n) is 1.98. The van der Waals surface area contributed by atoms with Crippen LogP contribution in [0.3, 0.4) is 0 Å². The van der Waals surface area contributed by atoms with Gasteiger partial charge in [-0.25, -0.2) is 0 Å². The fourth-order valence-corrected chi connectivity index (χ4v) is 1.98. The van der Waals surface area contributed by atoms with Crippen molar-refractivity contribution in [2.75, 3.05) is 13.6 Å². The molecule has 0 radical (unpaired) electrons. The largest absolute Gasteiger partial charge is 0.319 e. The number of nitrogens with one attached hydrogen (secondary N) is 1. The minimum atomic E-state index is 0.933. The monoisotopic (exact) mass is 230 g/mol. The Labute approximate surface area is 102 Å². The number of likely N-dealkylation sites (N-methyl/N-ethyl adjacent to an activating group) is 1. The Bertz CT molecular complexity index is 488. The maximum absolute atomic E-state index is 4.57. The first-order valence-electron chi connectivity index (χ1n) is 5.81. The second kappa shape index (κ2) is 5.10. The number of aromatic nitrogens is 3. The molecule has 1 N–H and O–H groups in total. The Morgan fingerprint density at radius 1 is 1.41 bits per heavy atom. The summed E-state index contributed by atoms with van der Waals surface area (Å²) in [4.78, 5) is 4.18. The zero-order valence-electron chi connectivity index (χ0n) is 10.6. The molecule has 0 atom stereocenters. The molecule has 0 aliphatic rings. The minimum absolute atomic E-state index is 0.933. The van der Waals surface area contributed by atoms with Crippen LogP contribution in [0.25, 0.3) is 11.1 Å². The third kappa shape index (κ3) is 2.36. The first-order valence-corrected chi connectivity index (χ1v) is 5.81. The molecule has 0 fully saturated rings. The van der Waals surface area contributed by atoms with Gasteiger partial charge >= 0.3 is 0 Å². The lowest BCUT2D eigenvalue weighted by Gasteiger charge is -2.03. The molecular formula is C13H18N4. The lowest BCUT2D eigenvalue weighted by molar-refractivity contribution is 0.703. The summed E-state index contributed by atoms with van der Waals surface area (Å²) < 4.78 is 1.94. The molecule has 4 nitrogen and oxygen atoms in total. The molecule has 0 unspecified atom stereocenters. The van der Waals surface area contributed by atoms with Gasteiger partial charge < -0.3 is 5.32 Å². The van der Waals surface area contributed by atoms with Crippen LogP contribution in [-0.4, -0.2) is 28.4 Å². The van der Waals surface area contributed by atoms with Crippen LogP contribution in [0.1, 0.15) is 11.4 Å². The minimum Gasteiger partial charge on any atom is -0.319 e. The van der Waals surface area contributed by atoms with Gasteiger partial charge in [-0.3, -0.25) is 9.67 Å². The Morgan fingerprint density at radius 3 is 2.88 bits per heavy atom. The highest BCUT2D eigenvalue weighted by atomic mass is 15.3. The highest BCUT2D eigenvalue weighted by Crippen LogP contribution is 2.26. The Kier molecular flexibility index (Phi) is 3.54. The van der Waals surface area contributed by atoms with Crippen LogP contribution in [0, 0.1) is 6.92 Å². The van der Waals surface area contributed by atoms with Crippen molar-refractivity contribution in [3.8, 4) is 11.1 Å². The van der Waals surface area contributed by atoms with E-state index in [9.17, 15) is 0 Å². The van der Waals surface area contributed by atoms with Gasteiger partial charge in [-0.05, 0) is 20.0 Å². The predicted octanol–water partition coefficient (Wildman–Crippen LogP) is 1.55. The third-order valence-corrected chi connectivity index (χ3v) is 2.97. The van der Waals surface area contributed by atoms with Crippen LogP contribution in [-0.2, 0) is 13.5 Å². The summed E-state index contributed by atoms with van der Waals surface area (Å²) in [7, 11) is 3.94. The van der Waals surface area contributed by atoms with Gasteiger partial charge in [0.05, 0.1) is 5.69 Å². The zero-order valence-corrected chi connectivity index (χ0v) is 10.6. The molecule has 0 aliphatic heterocycles. The Morgan fingerprint density at radius 2 is 2.24 bits per heavy atom. The first-order chi connectivity index (χ1) is 8.24.